The number of anilines is 1. The third-order valence-electron chi connectivity index (χ3n) is 4.85. The molecular weight excluding hydrogens is 305 g/mol. The van der Waals surface area contributed by atoms with Gasteiger partial charge >= 0.3 is 0 Å². The minimum absolute atomic E-state index is 0.0736. The minimum atomic E-state index is -0.623. The van der Waals surface area contributed by atoms with Gasteiger partial charge < -0.3 is 9.72 Å². The summed E-state index contributed by atoms with van der Waals surface area (Å²) in [6, 6.07) is 10.1. The summed E-state index contributed by atoms with van der Waals surface area (Å²) in [6.07, 6.45) is 6.23. The number of rotatable bonds is 3. The standard InChI is InChI=1S/C19H18FN3O/c1-13-11-23-12-16(6-7-17(23)21-13)22-18(24)19(8-3-9-19)14-4-2-5-15(20)10-14/h2,4-7,10-12H,3,8-9H2,1H3,(H,22,24). The zero-order valence-electron chi connectivity index (χ0n) is 13.4. The lowest BCUT2D eigenvalue weighted by atomic mass is 9.63. The topological polar surface area (TPSA) is 46.4 Å². The van der Waals surface area contributed by atoms with Crippen LogP contribution in [-0.2, 0) is 10.2 Å². The van der Waals surface area contributed by atoms with Crippen molar-refractivity contribution in [3.05, 3.63) is 65.9 Å². The Balaban J connectivity index is 1.63. The molecule has 4 nitrogen and oxygen atoms in total. The number of carbonyl (C=O) groups is 1. The molecule has 0 bridgehead atoms. The van der Waals surface area contributed by atoms with Crippen LogP contribution < -0.4 is 5.32 Å². The number of benzene rings is 1. The maximum atomic E-state index is 13.6. The van der Waals surface area contributed by atoms with Crippen molar-refractivity contribution in [3.63, 3.8) is 0 Å². The van der Waals surface area contributed by atoms with E-state index < -0.39 is 5.41 Å². The van der Waals surface area contributed by atoms with Crippen LogP contribution in [0.4, 0.5) is 10.1 Å². The van der Waals surface area contributed by atoms with Crippen LogP contribution in [0.15, 0.2) is 48.8 Å². The number of pyridine rings is 1. The van der Waals surface area contributed by atoms with E-state index in [2.05, 4.69) is 10.3 Å². The van der Waals surface area contributed by atoms with Gasteiger partial charge in [0.2, 0.25) is 5.91 Å². The van der Waals surface area contributed by atoms with E-state index in [0.717, 1.165) is 36.2 Å². The van der Waals surface area contributed by atoms with Crippen LogP contribution in [0.3, 0.4) is 0 Å². The Morgan fingerprint density at radius 1 is 1.25 bits per heavy atom. The second-order valence-corrected chi connectivity index (χ2v) is 6.47. The number of imidazole rings is 1. The van der Waals surface area contributed by atoms with Crippen LogP contribution in [0.1, 0.15) is 30.5 Å². The normalized spacial score (nSPS) is 15.9. The molecule has 122 valence electrons. The third-order valence-corrected chi connectivity index (χ3v) is 4.85. The molecule has 0 radical (unpaired) electrons. The van der Waals surface area contributed by atoms with E-state index in [1.807, 2.05) is 41.9 Å². The zero-order chi connectivity index (χ0) is 16.7. The van der Waals surface area contributed by atoms with Crippen LogP contribution in [0, 0.1) is 12.7 Å². The predicted octanol–water partition coefficient (Wildman–Crippen LogP) is 3.84. The molecule has 1 saturated carbocycles. The van der Waals surface area contributed by atoms with Gasteiger partial charge in [-0.3, -0.25) is 4.79 Å². The van der Waals surface area contributed by atoms with Gasteiger partial charge in [0.1, 0.15) is 11.5 Å². The summed E-state index contributed by atoms with van der Waals surface area (Å²) in [4.78, 5) is 17.3. The van der Waals surface area contributed by atoms with Crippen molar-refractivity contribution in [3.8, 4) is 0 Å². The fourth-order valence-electron chi connectivity index (χ4n) is 3.41. The van der Waals surface area contributed by atoms with E-state index in [4.69, 9.17) is 0 Å². The van der Waals surface area contributed by atoms with Gasteiger partial charge in [0.05, 0.1) is 16.8 Å². The summed E-state index contributed by atoms with van der Waals surface area (Å²) in [7, 11) is 0. The molecule has 1 aliphatic rings. The smallest absolute Gasteiger partial charge is 0.235 e. The van der Waals surface area contributed by atoms with Gasteiger partial charge in [-0.05, 0) is 49.6 Å². The van der Waals surface area contributed by atoms with E-state index in [-0.39, 0.29) is 11.7 Å². The summed E-state index contributed by atoms with van der Waals surface area (Å²) in [5.74, 6) is -0.377. The van der Waals surface area contributed by atoms with Gasteiger partial charge in [0.15, 0.2) is 0 Å². The predicted molar refractivity (Wildman–Crippen MR) is 90.5 cm³/mol. The second-order valence-electron chi connectivity index (χ2n) is 6.47. The number of hydrogen-bond donors (Lipinski definition) is 1. The van der Waals surface area contributed by atoms with Crippen molar-refractivity contribution in [2.75, 3.05) is 5.32 Å². The lowest BCUT2D eigenvalue weighted by molar-refractivity contribution is -0.124. The molecule has 0 aliphatic heterocycles. The van der Waals surface area contributed by atoms with Gasteiger partial charge in [-0.2, -0.15) is 0 Å². The van der Waals surface area contributed by atoms with Crippen molar-refractivity contribution >= 4 is 17.2 Å². The first-order valence-corrected chi connectivity index (χ1v) is 8.10. The minimum Gasteiger partial charge on any atom is -0.324 e. The van der Waals surface area contributed by atoms with Crippen molar-refractivity contribution in [1.29, 1.82) is 0 Å². The lowest BCUT2D eigenvalue weighted by Gasteiger charge is -2.40. The Morgan fingerprint density at radius 2 is 2.08 bits per heavy atom. The molecule has 1 amide bonds. The maximum Gasteiger partial charge on any atom is 0.235 e. The highest BCUT2D eigenvalue weighted by Gasteiger charge is 2.45. The van der Waals surface area contributed by atoms with Crippen molar-refractivity contribution in [2.24, 2.45) is 0 Å². The average molecular weight is 323 g/mol. The van der Waals surface area contributed by atoms with Crippen LogP contribution in [-0.4, -0.2) is 15.3 Å². The van der Waals surface area contributed by atoms with E-state index in [1.165, 1.54) is 12.1 Å². The van der Waals surface area contributed by atoms with E-state index in [1.54, 1.807) is 6.07 Å². The first-order valence-electron chi connectivity index (χ1n) is 8.10. The third kappa shape index (κ3) is 2.37. The molecule has 2 heterocycles. The van der Waals surface area contributed by atoms with Gasteiger partial charge in [-0.15, -0.1) is 0 Å². The molecule has 0 atom stereocenters. The number of aryl methyl sites for hydroxylation is 1. The molecule has 24 heavy (non-hydrogen) atoms. The Hall–Kier alpha value is -2.69. The summed E-state index contributed by atoms with van der Waals surface area (Å²) in [6.45, 7) is 1.93. The number of nitrogens with zero attached hydrogens (tertiary/aromatic N) is 2. The zero-order valence-corrected chi connectivity index (χ0v) is 13.4. The SMILES string of the molecule is Cc1cn2cc(NC(=O)C3(c4cccc(F)c4)CCC3)ccc2n1. The van der Waals surface area contributed by atoms with Gasteiger partial charge in [-0.1, -0.05) is 18.6 Å². The molecule has 1 aliphatic carbocycles. The van der Waals surface area contributed by atoms with Crippen molar-refractivity contribution in [1.82, 2.24) is 9.38 Å². The number of amides is 1. The van der Waals surface area contributed by atoms with Crippen LogP contribution >= 0.6 is 0 Å². The summed E-state index contributed by atoms with van der Waals surface area (Å²) in [5.41, 5.74) is 2.61. The molecule has 0 unspecified atom stereocenters. The fourth-order valence-corrected chi connectivity index (χ4v) is 3.41. The first kappa shape index (κ1) is 14.9. The molecule has 0 saturated heterocycles. The molecular formula is C19H18FN3O. The molecule has 1 fully saturated rings. The van der Waals surface area contributed by atoms with Crippen molar-refractivity contribution < 1.29 is 9.18 Å². The van der Waals surface area contributed by atoms with Crippen LogP contribution in [0.2, 0.25) is 0 Å². The monoisotopic (exact) mass is 323 g/mol. The Kier molecular flexibility index (Phi) is 3.37. The van der Waals surface area contributed by atoms with Gasteiger partial charge in [0, 0.05) is 12.4 Å². The van der Waals surface area contributed by atoms with Gasteiger partial charge in [0.25, 0.3) is 0 Å². The average Bonchev–Trinajstić information content (AvgIpc) is 2.85. The Bertz CT molecular complexity index is 927. The second kappa shape index (κ2) is 5.44. The molecule has 4 rings (SSSR count). The number of nitrogens with one attached hydrogen (secondary N) is 1. The fraction of sp³-hybridized carbons (Fsp3) is 0.263. The molecule has 3 aromatic rings. The number of aromatic nitrogens is 2. The van der Waals surface area contributed by atoms with Crippen LogP contribution in [0.5, 0.6) is 0 Å². The highest BCUT2D eigenvalue weighted by molar-refractivity contribution is 5.99. The highest BCUT2D eigenvalue weighted by atomic mass is 19.1. The number of hydrogen-bond acceptors (Lipinski definition) is 2. The van der Waals surface area contributed by atoms with E-state index in [9.17, 15) is 9.18 Å². The van der Waals surface area contributed by atoms with E-state index >= 15 is 0 Å². The van der Waals surface area contributed by atoms with Crippen LogP contribution in [0.25, 0.3) is 5.65 Å². The number of fused-ring (bicyclic) bond motifs is 1. The first-order chi connectivity index (χ1) is 11.6. The molecule has 5 heteroatoms. The lowest BCUT2D eigenvalue weighted by Crippen LogP contribution is -2.46. The number of carbonyl (C=O) groups excluding carboxylic acids is 1. The molecule has 0 spiro atoms. The van der Waals surface area contributed by atoms with E-state index in [0.29, 0.717) is 5.69 Å². The Morgan fingerprint density at radius 3 is 2.79 bits per heavy atom. The summed E-state index contributed by atoms with van der Waals surface area (Å²) in [5, 5.41) is 2.99. The summed E-state index contributed by atoms with van der Waals surface area (Å²) >= 11 is 0. The largest absolute Gasteiger partial charge is 0.324 e. The number of halogens is 1. The molecule has 1 N–H and O–H groups in total. The quantitative estimate of drug-likeness (QED) is 0.796. The van der Waals surface area contributed by atoms with Gasteiger partial charge in [-0.25, -0.2) is 9.37 Å². The molecule has 1 aromatic carbocycles. The maximum absolute atomic E-state index is 13.6. The molecule has 2 aromatic heterocycles. The Labute approximate surface area is 139 Å². The van der Waals surface area contributed by atoms with Crippen molar-refractivity contribution in [2.45, 2.75) is 31.6 Å². The highest BCUT2D eigenvalue weighted by Crippen LogP contribution is 2.44. The summed E-state index contributed by atoms with van der Waals surface area (Å²) < 4.78 is 15.5.